The van der Waals surface area contributed by atoms with Crippen LogP contribution in [0.3, 0.4) is 0 Å². The number of benzene rings is 1. The van der Waals surface area contributed by atoms with Gasteiger partial charge in [0.1, 0.15) is 0 Å². The van der Waals surface area contributed by atoms with Crippen LogP contribution in [0, 0.1) is 0 Å². The molecule has 2 N–H and O–H groups in total. The van der Waals surface area contributed by atoms with Crippen molar-refractivity contribution in [2.75, 3.05) is 7.05 Å². The van der Waals surface area contributed by atoms with Crippen LogP contribution in [0.1, 0.15) is 0 Å². The average molecular weight is 292 g/mol. The molecule has 0 aliphatic carbocycles. The first-order valence-electron chi connectivity index (χ1n) is 4.39. The van der Waals surface area contributed by atoms with E-state index in [1.165, 1.54) is 25.2 Å². The molecule has 1 aromatic carbocycles. The fourth-order valence-electron chi connectivity index (χ4n) is 1.29. The molecule has 17 heavy (non-hydrogen) atoms. The number of nitrogens with one attached hydrogen (secondary N) is 1. The molecule has 1 aromatic heterocycles. The van der Waals surface area contributed by atoms with Crippen LogP contribution in [-0.2, 0) is 21.1 Å². The fraction of sp³-hybridized carbons (Fsp3) is 0.125. The van der Waals surface area contributed by atoms with Crippen LogP contribution in [0.15, 0.2) is 27.3 Å². The third kappa shape index (κ3) is 2.24. The summed E-state index contributed by atoms with van der Waals surface area (Å²) >= 11 is -1.27. The molecule has 0 saturated carbocycles. The largest absolute Gasteiger partial charge is 0.302 e. The van der Waals surface area contributed by atoms with Gasteiger partial charge in [-0.25, -0.2) is 17.3 Å². The molecular weight excluding hydrogens is 284 g/mol. The van der Waals surface area contributed by atoms with E-state index < -0.39 is 21.1 Å². The molecule has 1 unspecified atom stereocenters. The molecule has 0 saturated heterocycles. The SMILES string of the molecule is CNS(=O)(=O)c1snc2cc(S(=O)O)ccc12. The van der Waals surface area contributed by atoms with Crippen molar-refractivity contribution in [1.82, 2.24) is 9.10 Å². The van der Waals surface area contributed by atoms with Crippen molar-refractivity contribution in [2.45, 2.75) is 9.10 Å². The Morgan fingerprint density at radius 3 is 2.76 bits per heavy atom. The maximum Gasteiger partial charge on any atom is 0.252 e. The lowest BCUT2D eigenvalue weighted by molar-refractivity contribution is 0.564. The highest BCUT2D eigenvalue weighted by Crippen LogP contribution is 2.27. The zero-order valence-corrected chi connectivity index (χ0v) is 11.0. The number of hydrogen-bond acceptors (Lipinski definition) is 5. The fourth-order valence-corrected chi connectivity index (χ4v) is 3.70. The molecule has 6 nitrogen and oxygen atoms in total. The van der Waals surface area contributed by atoms with Crippen molar-refractivity contribution in [1.29, 1.82) is 0 Å². The van der Waals surface area contributed by atoms with Gasteiger partial charge in [-0.3, -0.25) is 0 Å². The van der Waals surface area contributed by atoms with Crippen molar-refractivity contribution in [2.24, 2.45) is 0 Å². The van der Waals surface area contributed by atoms with Gasteiger partial charge >= 0.3 is 0 Å². The van der Waals surface area contributed by atoms with Gasteiger partial charge in [-0.2, -0.15) is 4.37 Å². The molecule has 92 valence electrons. The van der Waals surface area contributed by atoms with Crippen molar-refractivity contribution in [3.05, 3.63) is 18.2 Å². The van der Waals surface area contributed by atoms with Gasteiger partial charge in [0.05, 0.1) is 10.4 Å². The third-order valence-electron chi connectivity index (χ3n) is 2.13. The summed E-state index contributed by atoms with van der Waals surface area (Å²) in [5.74, 6) is 0. The van der Waals surface area contributed by atoms with E-state index in [2.05, 4.69) is 9.10 Å². The van der Waals surface area contributed by atoms with Crippen molar-refractivity contribution in [3.63, 3.8) is 0 Å². The normalized spacial score (nSPS) is 14.0. The highest BCUT2D eigenvalue weighted by atomic mass is 32.2. The summed E-state index contributed by atoms with van der Waals surface area (Å²) in [6.45, 7) is 0. The highest BCUT2D eigenvalue weighted by Gasteiger charge is 2.19. The van der Waals surface area contributed by atoms with E-state index in [-0.39, 0.29) is 9.10 Å². The second-order valence-electron chi connectivity index (χ2n) is 3.11. The third-order valence-corrected chi connectivity index (χ3v) is 5.59. The van der Waals surface area contributed by atoms with Crippen molar-refractivity contribution < 1.29 is 17.2 Å². The minimum atomic E-state index is -3.55. The minimum absolute atomic E-state index is 0.102. The Labute approximate surface area is 104 Å². The van der Waals surface area contributed by atoms with Crippen LogP contribution in [0.4, 0.5) is 0 Å². The first-order valence-corrected chi connectivity index (χ1v) is 7.76. The van der Waals surface area contributed by atoms with E-state index in [9.17, 15) is 12.6 Å². The van der Waals surface area contributed by atoms with E-state index in [0.29, 0.717) is 10.9 Å². The number of rotatable bonds is 3. The first kappa shape index (κ1) is 12.6. The summed E-state index contributed by atoms with van der Waals surface area (Å²) in [4.78, 5) is 0.191. The molecule has 0 aliphatic heterocycles. The first-order chi connectivity index (χ1) is 7.95. The zero-order valence-electron chi connectivity index (χ0n) is 8.58. The predicted molar refractivity (Wildman–Crippen MR) is 64.9 cm³/mol. The zero-order chi connectivity index (χ0) is 12.6. The number of aromatic nitrogens is 1. The Bertz CT molecular complexity index is 692. The van der Waals surface area contributed by atoms with Gasteiger partial charge in [0.25, 0.3) is 10.0 Å². The van der Waals surface area contributed by atoms with Crippen LogP contribution in [0.5, 0.6) is 0 Å². The lowest BCUT2D eigenvalue weighted by Gasteiger charge is -1.99. The quantitative estimate of drug-likeness (QED) is 0.815. The molecule has 0 radical (unpaired) electrons. The van der Waals surface area contributed by atoms with Crippen LogP contribution in [0.2, 0.25) is 0 Å². The van der Waals surface area contributed by atoms with Gasteiger partial charge in [-0.15, -0.1) is 0 Å². The molecular formula is C8H8N2O4S3. The Balaban J connectivity index is 2.68. The summed E-state index contributed by atoms with van der Waals surface area (Å²) in [5, 5.41) is 0.443. The molecule has 0 bridgehead atoms. The van der Waals surface area contributed by atoms with E-state index in [1.807, 2.05) is 0 Å². The summed E-state index contributed by atoms with van der Waals surface area (Å²) < 4.78 is 49.3. The maximum absolute atomic E-state index is 11.6. The van der Waals surface area contributed by atoms with Crippen LogP contribution < -0.4 is 4.72 Å². The Hall–Kier alpha value is -0.870. The van der Waals surface area contributed by atoms with E-state index in [4.69, 9.17) is 4.55 Å². The summed E-state index contributed by atoms with van der Waals surface area (Å²) in [6.07, 6.45) is 0. The predicted octanol–water partition coefficient (Wildman–Crippen LogP) is 0.785. The van der Waals surface area contributed by atoms with Gasteiger partial charge < -0.3 is 4.55 Å². The molecule has 0 aliphatic rings. The summed E-state index contributed by atoms with van der Waals surface area (Å²) in [7, 11) is -2.23. The van der Waals surface area contributed by atoms with Gasteiger partial charge in [0, 0.05) is 5.39 Å². The standard InChI is InChI=1S/C8H8N2O4S3/c1-9-17(13,14)8-6-3-2-5(16(11)12)4-7(6)10-15-8/h2-4,9H,1H3,(H,11,12). The van der Waals surface area contributed by atoms with Crippen molar-refractivity contribution in [3.8, 4) is 0 Å². The Kier molecular flexibility index (Phi) is 3.27. The number of fused-ring (bicyclic) bond motifs is 1. The van der Waals surface area contributed by atoms with E-state index in [1.54, 1.807) is 0 Å². The van der Waals surface area contributed by atoms with E-state index >= 15 is 0 Å². The van der Waals surface area contributed by atoms with Gasteiger partial charge in [0.15, 0.2) is 15.3 Å². The minimum Gasteiger partial charge on any atom is -0.302 e. The molecule has 2 aromatic rings. The molecule has 1 heterocycles. The van der Waals surface area contributed by atoms with Crippen molar-refractivity contribution >= 4 is 43.5 Å². The van der Waals surface area contributed by atoms with Gasteiger partial charge in [-0.1, -0.05) is 0 Å². The van der Waals surface area contributed by atoms with E-state index in [0.717, 1.165) is 11.5 Å². The molecule has 9 heteroatoms. The van der Waals surface area contributed by atoms with Crippen LogP contribution in [-0.4, -0.2) is 28.6 Å². The Morgan fingerprint density at radius 2 is 2.18 bits per heavy atom. The van der Waals surface area contributed by atoms with Gasteiger partial charge in [-0.05, 0) is 36.8 Å². The number of hydrogen-bond donors (Lipinski definition) is 2. The average Bonchev–Trinajstić information content (AvgIpc) is 2.72. The molecule has 0 amide bonds. The van der Waals surface area contributed by atoms with Gasteiger partial charge in [0.2, 0.25) is 0 Å². The van der Waals surface area contributed by atoms with Crippen LogP contribution in [0.25, 0.3) is 10.9 Å². The molecule has 0 spiro atoms. The molecule has 0 fully saturated rings. The number of nitrogens with zero attached hydrogens (tertiary/aromatic N) is 1. The maximum atomic E-state index is 11.6. The summed E-state index contributed by atoms with van der Waals surface area (Å²) in [5.41, 5.74) is 0.392. The smallest absolute Gasteiger partial charge is 0.252 e. The topological polar surface area (TPSA) is 96.4 Å². The monoisotopic (exact) mass is 292 g/mol. The lowest BCUT2D eigenvalue weighted by atomic mass is 10.3. The van der Waals surface area contributed by atoms with Crippen LogP contribution >= 0.6 is 11.5 Å². The number of sulfonamides is 1. The highest BCUT2D eigenvalue weighted by molar-refractivity contribution is 7.91. The molecule has 1 atom stereocenters. The second-order valence-corrected chi connectivity index (χ2v) is 6.93. The second kappa shape index (κ2) is 4.42. The Morgan fingerprint density at radius 1 is 1.47 bits per heavy atom. The summed E-state index contributed by atoms with van der Waals surface area (Å²) in [6, 6.07) is 4.28. The lowest BCUT2D eigenvalue weighted by Crippen LogP contribution is -2.17. The molecule has 2 rings (SSSR count).